The first-order valence-corrected chi connectivity index (χ1v) is 22.5. The fourth-order valence-electron chi connectivity index (χ4n) is 7.25. The average molecular weight is 966 g/mol. The molecule has 1 heterocycles. The topological polar surface area (TPSA) is 328 Å². The summed E-state index contributed by atoms with van der Waals surface area (Å²) in [5.41, 5.74) is 20.4. The highest BCUT2D eigenvalue weighted by Gasteiger charge is 2.36. The molecule has 0 spiro atoms. The van der Waals surface area contributed by atoms with E-state index in [0.717, 1.165) is 10.5 Å². The number of amidine groups is 1. The molecular weight excluding hydrogens is 903 g/mol. The second kappa shape index (κ2) is 25.6. The molecule has 374 valence electrons. The van der Waals surface area contributed by atoms with Crippen molar-refractivity contribution in [2.45, 2.75) is 77.0 Å². The SMILES string of the molecule is C=NC(=N/C(OCC(=O)O)=C(\C)C(=O)N[C@@H](CCN)C(=O)N(C)[C@@H]1C(=O)N[C@@H](C)C(=O)N[C@H](C(=O)NCC#N)Cc2ccc(OCCN)c(c2)-c2cc1ccc2OCCN)c1ccc(C(C)(C)C)cc1. The number of hydrogen-bond acceptors (Lipinski definition) is 14. The quantitative estimate of drug-likeness (QED) is 0.0276. The molecule has 3 aromatic rings. The van der Waals surface area contributed by atoms with E-state index in [2.05, 4.69) is 38.0 Å². The molecule has 4 bridgehead atoms. The van der Waals surface area contributed by atoms with Crippen LogP contribution in [0.15, 0.2) is 82.1 Å². The van der Waals surface area contributed by atoms with Gasteiger partial charge in [-0.25, -0.2) is 9.79 Å². The average Bonchev–Trinajstić information content (AvgIpc) is 3.33. The van der Waals surface area contributed by atoms with Crippen molar-refractivity contribution in [1.82, 2.24) is 26.2 Å². The van der Waals surface area contributed by atoms with E-state index in [4.69, 9.17) is 31.4 Å². The summed E-state index contributed by atoms with van der Waals surface area (Å²) in [5, 5.41) is 29.1. The van der Waals surface area contributed by atoms with E-state index < -0.39 is 72.2 Å². The van der Waals surface area contributed by atoms with E-state index >= 15 is 0 Å². The van der Waals surface area contributed by atoms with Crippen molar-refractivity contribution < 1.29 is 48.1 Å². The number of rotatable bonds is 19. The van der Waals surface area contributed by atoms with Gasteiger partial charge in [0.25, 0.3) is 5.91 Å². The zero-order chi connectivity index (χ0) is 51.7. The summed E-state index contributed by atoms with van der Waals surface area (Å²) in [6, 6.07) is 13.6. The molecule has 0 aliphatic carbocycles. The van der Waals surface area contributed by atoms with E-state index in [1.54, 1.807) is 48.5 Å². The number of carbonyl (C=O) groups is 6. The summed E-state index contributed by atoms with van der Waals surface area (Å²) >= 11 is 0. The molecular formula is C49H63N11O10. The molecule has 0 unspecified atom stereocenters. The third kappa shape index (κ3) is 14.7. The number of amides is 5. The van der Waals surface area contributed by atoms with Crippen molar-refractivity contribution in [3.05, 3.63) is 94.4 Å². The standard InChI is InChI=1S/C49H63N11O10/c1-28(47(70-27-40(61)62)59-42(54-6)31-9-12-33(13-10-31)49(3,4)5)43(63)57-36(16-17-50)48(67)60(7)41-32-11-15-39(69-23-20-53)35(26-32)34-24-30(8-14-38(34)68-22-19-52)25-37(45(65)55-21-18-51)58-44(64)29(2)56-46(41)66/h8-15,24,26,29,36-37,41H,6,16-17,19-23,25,27,50,52-53H2,1-5,7H3,(H,55,65)(H,56,66)(H,57,63)(H,58,64)(H,61,62)/b47-28-,59-42?/t29-,36-,37-,41-/m0/s1. The molecule has 0 fully saturated rings. The summed E-state index contributed by atoms with van der Waals surface area (Å²) in [7, 11) is 1.34. The lowest BCUT2D eigenvalue weighted by Crippen LogP contribution is -2.56. The van der Waals surface area contributed by atoms with E-state index in [0.29, 0.717) is 33.8 Å². The third-order valence-corrected chi connectivity index (χ3v) is 11.0. The normalized spacial score (nSPS) is 16.9. The minimum absolute atomic E-state index is 0.0199. The van der Waals surface area contributed by atoms with E-state index in [9.17, 15) is 39.1 Å². The number of likely N-dealkylation sites (N-methyl/N-ethyl adjacent to an activating group) is 1. The summed E-state index contributed by atoms with van der Waals surface area (Å²) in [5.74, 6) is -4.99. The van der Waals surface area contributed by atoms with Crippen LogP contribution in [-0.2, 0) is 45.3 Å². The van der Waals surface area contributed by atoms with Crippen molar-refractivity contribution in [3.8, 4) is 28.7 Å². The lowest BCUT2D eigenvalue weighted by atomic mass is 9.86. The Bertz CT molecular complexity index is 2510. The Labute approximate surface area is 406 Å². The van der Waals surface area contributed by atoms with Crippen molar-refractivity contribution in [2.75, 3.05) is 53.0 Å². The first-order valence-electron chi connectivity index (χ1n) is 22.5. The molecule has 0 radical (unpaired) electrons. The van der Waals surface area contributed by atoms with Crippen LogP contribution in [0.5, 0.6) is 11.5 Å². The highest BCUT2D eigenvalue weighted by atomic mass is 16.5. The summed E-state index contributed by atoms with van der Waals surface area (Å²) in [6.45, 7) is 11.7. The van der Waals surface area contributed by atoms with E-state index in [1.165, 1.54) is 20.9 Å². The van der Waals surface area contributed by atoms with Crippen molar-refractivity contribution >= 4 is 48.1 Å². The number of hydrogen-bond donors (Lipinski definition) is 8. The van der Waals surface area contributed by atoms with Gasteiger partial charge in [-0.3, -0.25) is 24.0 Å². The smallest absolute Gasteiger partial charge is 0.341 e. The first-order chi connectivity index (χ1) is 33.3. The Morgan fingerprint density at radius 2 is 1.57 bits per heavy atom. The lowest BCUT2D eigenvalue weighted by molar-refractivity contribution is -0.142. The number of aliphatic carboxylic acids is 1. The van der Waals surface area contributed by atoms with Crippen LogP contribution in [0.4, 0.5) is 0 Å². The van der Waals surface area contributed by atoms with Crippen LogP contribution in [0.1, 0.15) is 69.3 Å². The molecule has 0 saturated carbocycles. The largest absolute Gasteiger partial charge is 0.492 e. The van der Waals surface area contributed by atoms with Gasteiger partial charge < -0.3 is 62.7 Å². The number of nitrogens with zero attached hydrogens (tertiary/aromatic N) is 4. The van der Waals surface area contributed by atoms with Gasteiger partial charge in [0.05, 0.1) is 11.6 Å². The molecule has 0 aromatic heterocycles. The number of benzene rings is 3. The molecule has 11 N–H and O–H groups in total. The molecule has 21 nitrogen and oxygen atoms in total. The third-order valence-electron chi connectivity index (χ3n) is 11.0. The molecule has 1 aliphatic rings. The molecule has 1 aliphatic heterocycles. The predicted molar refractivity (Wildman–Crippen MR) is 261 cm³/mol. The second-order valence-corrected chi connectivity index (χ2v) is 17.2. The zero-order valence-corrected chi connectivity index (χ0v) is 40.3. The fourth-order valence-corrected chi connectivity index (χ4v) is 7.25. The summed E-state index contributed by atoms with van der Waals surface area (Å²) in [6.07, 6.45) is -0.170. The van der Waals surface area contributed by atoms with Crippen LogP contribution in [0.25, 0.3) is 11.1 Å². The number of nitrogens with two attached hydrogens (primary N) is 3. The van der Waals surface area contributed by atoms with Crippen LogP contribution in [-0.4, -0.2) is 129 Å². The van der Waals surface area contributed by atoms with Gasteiger partial charge in [-0.05, 0) is 79.9 Å². The second-order valence-electron chi connectivity index (χ2n) is 17.2. The zero-order valence-electron chi connectivity index (χ0n) is 40.3. The minimum Gasteiger partial charge on any atom is -0.492 e. The van der Waals surface area contributed by atoms with Crippen LogP contribution in [0.3, 0.4) is 0 Å². The van der Waals surface area contributed by atoms with Gasteiger partial charge in [-0.2, -0.15) is 10.3 Å². The highest BCUT2D eigenvalue weighted by molar-refractivity contribution is 6.03. The van der Waals surface area contributed by atoms with E-state index in [-0.39, 0.29) is 74.6 Å². The predicted octanol–water partition coefficient (Wildman–Crippen LogP) is 1.32. The number of nitrogens with one attached hydrogen (secondary N) is 4. The van der Waals surface area contributed by atoms with Gasteiger partial charge in [0, 0.05) is 43.2 Å². The number of aliphatic imine (C=N–C) groups is 2. The molecule has 4 atom stereocenters. The number of carbonyl (C=O) groups excluding carboxylic acids is 5. The van der Waals surface area contributed by atoms with Crippen LogP contribution in [0, 0.1) is 11.3 Å². The Morgan fingerprint density at radius 1 is 0.943 bits per heavy atom. The molecule has 0 saturated heterocycles. The van der Waals surface area contributed by atoms with Crippen LogP contribution in [0.2, 0.25) is 0 Å². The maximum Gasteiger partial charge on any atom is 0.341 e. The van der Waals surface area contributed by atoms with Crippen LogP contribution >= 0.6 is 0 Å². The highest BCUT2D eigenvalue weighted by Crippen LogP contribution is 2.40. The molecule has 3 aromatic carbocycles. The Morgan fingerprint density at radius 3 is 2.14 bits per heavy atom. The number of ether oxygens (including phenoxy) is 3. The Balaban J connectivity index is 1.86. The maximum atomic E-state index is 14.8. The van der Waals surface area contributed by atoms with Crippen LogP contribution < -0.4 is 47.9 Å². The monoisotopic (exact) mass is 965 g/mol. The maximum absolute atomic E-state index is 14.8. The summed E-state index contributed by atoms with van der Waals surface area (Å²) in [4.78, 5) is 91.7. The van der Waals surface area contributed by atoms with Gasteiger partial charge >= 0.3 is 5.97 Å². The Hall–Kier alpha value is -7.67. The van der Waals surface area contributed by atoms with Crippen molar-refractivity contribution in [3.63, 3.8) is 0 Å². The van der Waals surface area contributed by atoms with Gasteiger partial charge in [0.15, 0.2) is 12.4 Å². The fraction of sp³-hybridized carbons (Fsp3) is 0.408. The van der Waals surface area contributed by atoms with Crippen molar-refractivity contribution in [1.29, 1.82) is 5.26 Å². The van der Waals surface area contributed by atoms with Crippen molar-refractivity contribution in [2.24, 2.45) is 27.2 Å². The van der Waals surface area contributed by atoms with Gasteiger partial charge in [0.1, 0.15) is 55.4 Å². The van der Waals surface area contributed by atoms with E-state index in [1.807, 2.05) is 39.0 Å². The molecule has 21 heteroatoms. The molecule has 4 rings (SSSR count). The van der Waals surface area contributed by atoms with Gasteiger partial charge in [-0.1, -0.05) is 57.2 Å². The lowest BCUT2D eigenvalue weighted by Gasteiger charge is -2.32. The number of fused-ring (bicyclic) bond motifs is 5. The molecule has 70 heavy (non-hydrogen) atoms. The number of carboxylic acids is 1. The summed E-state index contributed by atoms with van der Waals surface area (Å²) < 4.78 is 17.6. The minimum atomic E-state index is -1.50. The molecule has 5 amide bonds. The first kappa shape index (κ1) is 54.9. The number of nitriles is 1. The number of carboxylic acid groups (broad SMARTS) is 1. The Kier molecular flexibility index (Phi) is 20.1. The van der Waals surface area contributed by atoms with Gasteiger partial charge in [0.2, 0.25) is 29.5 Å². The van der Waals surface area contributed by atoms with Gasteiger partial charge in [-0.15, -0.1) is 0 Å².